The minimum Gasteiger partial charge on any atom is -0.379 e. The zero-order chi connectivity index (χ0) is 14.8. The van der Waals surface area contributed by atoms with Crippen molar-refractivity contribution in [1.29, 1.82) is 0 Å². The van der Waals surface area contributed by atoms with Gasteiger partial charge < -0.3 is 14.8 Å². The molecule has 0 radical (unpaired) electrons. The van der Waals surface area contributed by atoms with E-state index in [0.29, 0.717) is 0 Å². The van der Waals surface area contributed by atoms with Crippen molar-refractivity contribution in [2.45, 2.75) is 77.0 Å². The summed E-state index contributed by atoms with van der Waals surface area (Å²) in [6.45, 7) is 5.81. The van der Waals surface area contributed by atoms with Gasteiger partial charge in [0.1, 0.15) is 0 Å². The van der Waals surface area contributed by atoms with Gasteiger partial charge in [0.2, 0.25) is 0 Å². The lowest BCUT2D eigenvalue weighted by Gasteiger charge is -1.91. The van der Waals surface area contributed by atoms with Crippen LogP contribution in [-0.2, 0) is 9.47 Å². The topological polar surface area (TPSA) is 30.5 Å². The van der Waals surface area contributed by atoms with Crippen molar-refractivity contribution in [2.75, 3.05) is 39.5 Å². The summed E-state index contributed by atoms with van der Waals surface area (Å²) in [6, 6.07) is 0. The first-order chi connectivity index (χ1) is 10.5. The zero-order valence-corrected chi connectivity index (χ0v) is 14.0. The van der Waals surface area contributed by atoms with Crippen molar-refractivity contribution >= 4 is 0 Å². The molecule has 126 valence electrons. The van der Waals surface area contributed by atoms with Crippen molar-refractivity contribution in [3.05, 3.63) is 0 Å². The Labute approximate surface area is 132 Å². The molecule has 0 bridgehead atoms. The summed E-state index contributed by atoms with van der Waals surface area (Å²) in [6.07, 6.45) is 17.2. The van der Waals surface area contributed by atoms with Crippen LogP contribution in [0.4, 0.5) is 0 Å². The van der Waals surface area contributed by atoms with E-state index in [1.54, 1.807) is 0 Å². The summed E-state index contributed by atoms with van der Waals surface area (Å²) in [5.74, 6) is 0. The molecule has 0 aromatic rings. The third-order valence-electron chi connectivity index (χ3n) is 4.16. The molecular weight excluding hydrogens is 262 g/mol. The van der Waals surface area contributed by atoms with Crippen LogP contribution in [0.15, 0.2) is 0 Å². The van der Waals surface area contributed by atoms with E-state index in [1.165, 1.54) is 83.7 Å². The molecular formula is C18H37NO2. The van der Waals surface area contributed by atoms with Gasteiger partial charge >= 0.3 is 0 Å². The second kappa shape index (κ2) is 16.3. The zero-order valence-electron chi connectivity index (χ0n) is 14.0. The summed E-state index contributed by atoms with van der Waals surface area (Å²) in [5, 5.41) is 3.35. The van der Waals surface area contributed by atoms with Gasteiger partial charge in [-0.05, 0) is 32.4 Å². The molecule has 0 aromatic carbocycles. The summed E-state index contributed by atoms with van der Waals surface area (Å²) in [5.41, 5.74) is 0. The minimum atomic E-state index is 0.778. The van der Waals surface area contributed by atoms with Crippen LogP contribution in [-0.4, -0.2) is 39.5 Å². The quantitative estimate of drug-likeness (QED) is 0.676. The van der Waals surface area contributed by atoms with Gasteiger partial charge in [-0.2, -0.15) is 0 Å². The van der Waals surface area contributed by atoms with Gasteiger partial charge in [-0.1, -0.05) is 57.8 Å². The third-order valence-corrected chi connectivity index (χ3v) is 4.16. The number of hydrogen-bond acceptors (Lipinski definition) is 3. The highest BCUT2D eigenvalue weighted by molar-refractivity contribution is 4.54. The Morgan fingerprint density at radius 1 is 0.381 bits per heavy atom. The maximum Gasteiger partial charge on any atom is 0.0700 e. The van der Waals surface area contributed by atoms with E-state index in [4.69, 9.17) is 9.47 Å². The molecule has 21 heavy (non-hydrogen) atoms. The van der Waals surface area contributed by atoms with E-state index in [9.17, 15) is 0 Å². The molecule has 3 aliphatic rings. The SMILES string of the molecule is C1CCCCCC1.C1CCCNCC1.C1COCCOC1. The van der Waals surface area contributed by atoms with Gasteiger partial charge in [-0.15, -0.1) is 0 Å². The van der Waals surface area contributed by atoms with E-state index >= 15 is 0 Å². The average Bonchev–Trinajstić information content (AvgIpc) is 3.09. The van der Waals surface area contributed by atoms with Crippen LogP contribution in [0, 0.1) is 0 Å². The fourth-order valence-electron chi connectivity index (χ4n) is 2.80. The third kappa shape index (κ3) is 14.6. The predicted octanol–water partition coefficient (Wildman–Crippen LogP) is 4.30. The molecule has 0 amide bonds. The highest BCUT2D eigenvalue weighted by Gasteiger charge is 1.96. The lowest BCUT2D eigenvalue weighted by atomic mass is 10.2. The van der Waals surface area contributed by atoms with Crippen LogP contribution in [0.3, 0.4) is 0 Å². The summed E-state index contributed by atoms with van der Waals surface area (Å²) >= 11 is 0. The smallest absolute Gasteiger partial charge is 0.0700 e. The van der Waals surface area contributed by atoms with E-state index in [1.807, 2.05) is 0 Å². The van der Waals surface area contributed by atoms with E-state index in [-0.39, 0.29) is 0 Å². The summed E-state index contributed by atoms with van der Waals surface area (Å²) in [4.78, 5) is 0. The second-order valence-corrected chi connectivity index (χ2v) is 6.22. The summed E-state index contributed by atoms with van der Waals surface area (Å²) in [7, 11) is 0. The number of nitrogens with one attached hydrogen (secondary N) is 1. The molecule has 3 nitrogen and oxygen atoms in total. The van der Waals surface area contributed by atoms with Crippen molar-refractivity contribution in [3.8, 4) is 0 Å². The number of hydrogen-bond donors (Lipinski definition) is 1. The van der Waals surface area contributed by atoms with Crippen LogP contribution in [0.25, 0.3) is 0 Å². The first kappa shape index (κ1) is 18.9. The van der Waals surface area contributed by atoms with Gasteiger partial charge in [0.25, 0.3) is 0 Å². The first-order valence-electron chi connectivity index (χ1n) is 9.36. The normalized spacial score (nSPS) is 24.0. The van der Waals surface area contributed by atoms with Crippen molar-refractivity contribution < 1.29 is 9.47 Å². The molecule has 3 rings (SSSR count). The molecule has 2 saturated heterocycles. The van der Waals surface area contributed by atoms with E-state index in [2.05, 4.69) is 5.32 Å². The first-order valence-corrected chi connectivity index (χ1v) is 9.36. The molecule has 3 heteroatoms. The molecule has 0 aromatic heterocycles. The molecule has 1 N–H and O–H groups in total. The molecule has 1 aliphatic carbocycles. The van der Waals surface area contributed by atoms with Crippen molar-refractivity contribution in [2.24, 2.45) is 0 Å². The van der Waals surface area contributed by atoms with Gasteiger partial charge in [0, 0.05) is 13.2 Å². The molecule has 2 heterocycles. The van der Waals surface area contributed by atoms with E-state index in [0.717, 1.165) is 32.8 Å². The maximum absolute atomic E-state index is 5.07. The fraction of sp³-hybridized carbons (Fsp3) is 1.00. The minimum absolute atomic E-state index is 0.778. The lowest BCUT2D eigenvalue weighted by molar-refractivity contribution is 0.103. The van der Waals surface area contributed by atoms with Gasteiger partial charge in [0.15, 0.2) is 0 Å². The van der Waals surface area contributed by atoms with Gasteiger partial charge in [0.05, 0.1) is 13.2 Å². The standard InChI is InChI=1S/C7H14.C6H13N.C5H10O2/c2*1-2-4-6-7-5-3-1;1-2-6-4-5-7-3-1/h1-7H2;7H,1-6H2;1-5H2. The fourth-order valence-corrected chi connectivity index (χ4v) is 2.80. The van der Waals surface area contributed by atoms with Gasteiger partial charge in [-0.3, -0.25) is 0 Å². The monoisotopic (exact) mass is 299 g/mol. The predicted molar refractivity (Wildman–Crippen MR) is 89.9 cm³/mol. The molecule has 3 fully saturated rings. The van der Waals surface area contributed by atoms with Crippen LogP contribution in [0.1, 0.15) is 77.0 Å². The Balaban J connectivity index is 0.000000157. The Morgan fingerprint density at radius 2 is 0.762 bits per heavy atom. The molecule has 1 saturated carbocycles. The Morgan fingerprint density at radius 3 is 1.19 bits per heavy atom. The average molecular weight is 299 g/mol. The largest absolute Gasteiger partial charge is 0.379 e. The van der Waals surface area contributed by atoms with Crippen LogP contribution < -0.4 is 5.32 Å². The molecule has 0 spiro atoms. The van der Waals surface area contributed by atoms with Crippen molar-refractivity contribution in [3.63, 3.8) is 0 Å². The maximum atomic E-state index is 5.07. The Bertz CT molecular complexity index is 107. The molecule has 2 aliphatic heterocycles. The molecule has 0 atom stereocenters. The number of rotatable bonds is 0. The Hall–Kier alpha value is -0.120. The van der Waals surface area contributed by atoms with Gasteiger partial charge in [-0.25, -0.2) is 0 Å². The highest BCUT2D eigenvalue weighted by atomic mass is 16.5. The lowest BCUT2D eigenvalue weighted by Crippen LogP contribution is -2.12. The number of ether oxygens (including phenoxy) is 2. The summed E-state index contributed by atoms with van der Waals surface area (Å²) < 4.78 is 10.1. The Kier molecular flexibility index (Phi) is 14.7. The highest BCUT2D eigenvalue weighted by Crippen LogP contribution is 2.15. The van der Waals surface area contributed by atoms with E-state index < -0.39 is 0 Å². The van der Waals surface area contributed by atoms with Crippen molar-refractivity contribution in [1.82, 2.24) is 5.32 Å². The van der Waals surface area contributed by atoms with Crippen LogP contribution >= 0.6 is 0 Å². The van der Waals surface area contributed by atoms with Crippen LogP contribution in [0.5, 0.6) is 0 Å². The second-order valence-electron chi connectivity index (χ2n) is 6.22. The van der Waals surface area contributed by atoms with Crippen LogP contribution in [0.2, 0.25) is 0 Å². The molecule has 0 unspecified atom stereocenters.